The number of carboxylic acids is 1. The summed E-state index contributed by atoms with van der Waals surface area (Å²) in [5, 5.41) is 28.0. The smallest absolute Gasteiger partial charge is 0.348 e. The number of aliphatic hydroxyl groups excluding tert-OH is 1. The van der Waals surface area contributed by atoms with Gasteiger partial charge in [0.2, 0.25) is 0 Å². The molecule has 0 fully saturated rings. The van der Waals surface area contributed by atoms with E-state index in [4.69, 9.17) is 5.11 Å². The number of rotatable bonds is 5. The number of nitrogens with zero attached hydrogens (tertiary/aromatic N) is 2. The third kappa shape index (κ3) is 3.40. The summed E-state index contributed by atoms with van der Waals surface area (Å²) in [5.74, 6) is -1.62. The fourth-order valence-electron chi connectivity index (χ4n) is 1.77. The van der Waals surface area contributed by atoms with Crippen molar-refractivity contribution in [1.29, 1.82) is 0 Å². The maximum atomic E-state index is 11.8. The predicted molar refractivity (Wildman–Crippen MR) is 70.3 cm³/mol. The van der Waals surface area contributed by atoms with Crippen molar-refractivity contribution in [2.24, 2.45) is 16.1 Å². The van der Waals surface area contributed by atoms with Gasteiger partial charge in [-0.15, -0.1) is 0 Å². The van der Waals surface area contributed by atoms with Crippen LogP contribution in [0.3, 0.4) is 0 Å². The fourth-order valence-corrected chi connectivity index (χ4v) is 1.77. The van der Waals surface area contributed by atoms with Gasteiger partial charge in [0, 0.05) is 0 Å². The zero-order chi connectivity index (χ0) is 14.6. The van der Waals surface area contributed by atoms with E-state index in [0.29, 0.717) is 6.21 Å². The van der Waals surface area contributed by atoms with Crippen molar-refractivity contribution < 1.29 is 19.8 Å². The molecule has 1 amide bonds. The summed E-state index contributed by atoms with van der Waals surface area (Å²) in [6.45, 7) is 5.36. The molecule has 0 spiro atoms. The average molecular weight is 267 g/mol. The van der Waals surface area contributed by atoms with Crippen LogP contribution in [0.2, 0.25) is 0 Å². The monoisotopic (exact) mass is 267 g/mol. The van der Waals surface area contributed by atoms with Crippen LogP contribution in [-0.4, -0.2) is 40.1 Å². The minimum Gasteiger partial charge on any atom is -0.509 e. The van der Waals surface area contributed by atoms with Crippen molar-refractivity contribution in [3.05, 3.63) is 11.3 Å². The maximum absolute atomic E-state index is 11.8. The molecule has 0 radical (unpaired) electrons. The van der Waals surface area contributed by atoms with Gasteiger partial charge in [-0.3, -0.25) is 4.79 Å². The van der Waals surface area contributed by atoms with Gasteiger partial charge in [-0.1, -0.05) is 20.3 Å². The van der Waals surface area contributed by atoms with Gasteiger partial charge < -0.3 is 15.5 Å². The number of hydrogen-bond acceptors (Lipinski definition) is 5. The van der Waals surface area contributed by atoms with Gasteiger partial charge in [0.15, 0.2) is 0 Å². The Morgan fingerprint density at radius 1 is 1.58 bits per heavy atom. The molecule has 0 saturated carbocycles. The molecular weight excluding hydrogens is 250 g/mol. The Balaban J connectivity index is 3.00. The molecule has 3 N–H and O–H groups in total. The van der Waals surface area contributed by atoms with Crippen LogP contribution in [0.5, 0.6) is 0 Å². The molecule has 1 aliphatic rings. The van der Waals surface area contributed by atoms with Gasteiger partial charge in [-0.05, 0) is 12.8 Å². The first kappa shape index (κ1) is 14.9. The van der Waals surface area contributed by atoms with Gasteiger partial charge in [0.05, 0.1) is 11.8 Å². The highest BCUT2D eigenvalue weighted by molar-refractivity contribution is 6.24. The lowest BCUT2D eigenvalue weighted by atomic mass is 9.97. The molecule has 1 aliphatic heterocycles. The number of hydrogen-bond donors (Lipinski definition) is 3. The molecule has 7 nitrogen and oxygen atoms in total. The second-order valence-corrected chi connectivity index (χ2v) is 4.37. The second-order valence-electron chi connectivity index (χ2n) is 4.37. The Hall–Kier alpha value is -2.18. The topological polar surface area (TPSA) is 111 Å². The van der Waals surface area contributed by atoms with Crippen molar-refractivity contribution in [1.82, 2.24) is 5.32 Å². The SMILES string of the molecule is CCC(C)C1NC(=O)C(/C(C)=N/N=C\C(=O)O)=C1O. The number of amides is 1. The number of carbonyl (C=O) groups is 2. The zero-order valence-electron chi connectivity index (χ0n) is 11.0. The first-order valence-electron chi connectivity index (χ1n) is 5.93. The van der Waals surface area contributed by atoms with Gasteiger partial charge in [0.1, 0.15) is 17.5 Å². The van der Waals surface area contributed by atoms with Crippen LogP contribution in [0.1, 0.15) is 27.2 Å². The summed E-state index contributed by atoms with van der Waals surface area (Å²) in [4.78, 5) is 22.0. The highest BCUT2D eigenvalue weighted by atomic mass is 16.4. The van der Waals surface area contributed by atoms with E-state index in [-0.39, 0.29) is 23.0 Å². The lowest BCUT2D eigenvalue weighted by molar-refractivity contribution is -0.128. The van der Waals surface area contributed by atoms with E-state index >= 15 is 0 Å². The van der Waals surface area contributed by atoms with Crippen molar-refractivity contribution in [2.45, 2.75) is 33.2 Å². The van der Waals surface area contributed by atoms with Crippen molar-refractivity contribution >= 4 is 23.8 Å². The number of carbonyl (C=O) groups excluding carboxylic acids is 1. The van der Waals surface area contributed by atoms with Gasteiger partial charge in [-0.2, -0.15) is 10.2 Å². The molecule has 0 aromatic heterocycles. The molecule has 2 atom stereocenters. The standard InChI is InChI=1S/C12H17N3O4/c1-4-6(2)10-11(18)9(12(19)14-10)7(3)15-13-5-8(16)17/h5-6,10,18H,4H2,1-3H3,(H,14,19)(H,16,17)/b13-5-,15-7+. The number of carboxylic acid groups (broad SMARTS) is 1. The third-order valence-electron chi connectivity index (χ3n) is 3.02. The normalized spacial score (nSPS) is 21.9. The van der Waals surface area contributed by atoms with Gasteiger partial charge >= 0.3 is 5.97 Å². The van der Waals surface area contributed by atoms with Crippen LogP contribution in [0.25, 0.3) is 0 Å². The molecule has 1 heterocycles. The average Bonchev–Trinajstić information content (AvgIpc) is 2.63. The molecule has 2 unspecified atom stereocenters. The highest BCUT2D eigenvalue weighted by Crippen LogP contribution is 2.23. The Morgan fingerprint density at radius 2 is 2.21 bits per heavy atom. The molecule has 0 aromatic carbocycles. The van der Waals surface area contributed by atoms with E-state index in [9.17, 15) is 14.7 Å². The summed E-state index contributed by atoms with van der Waals surface area (Å²) in [7, 11) is 0. The number of aliphatic hydroxyl groups is 1. The van der Waals surface area contributed by atoms with Crippen molar-refractivity contribution in [3.8, 4) is 0 Å². The Bertz CT molecular complexity index is 479. The fraction of sp³-hybridized carbons (Fsp3) is 0.500. The molecule has 7 heteroatoms. The van der Waals surface area contributed by atoms with Crippen LogP contribution in [0.4, 0.5) is 0 Å². The van der Waals surface area contributed by atoms with E-state index in [0.717, 1.165) is 6.42 Å². The molecule has 1 rings (SSSR count). The number of aliphatic carboxylic acids is 1. The Morgan fingerprint density at radius 3 is 2.74 bits per heavy atom. The zero-order valence-corrected chi connectivity index (χ0v) is 11.0. The first-order valence-corrected chi connectivity index (χ1v) is 5.93. The van der Waals surface area contributed by atoms with E-state index < -0.39 is 17.9 Å². The molecule has 0 saturated heterocycles. The van der Waals surface area contributed by atoms with Crippen LogP contribution in [-0.2, 0) is 9.59 Å². The number of nitrogens with one attached hydrogen (secondary N) is 1. The predicted octanol–water partition coefficient (Wildman–Crippen LogP) is 0.874. The van der Waals surface area contributed by atoms with E-state index in [2.05, 4.69) is 15.5 Å². The lowest BCUT2D eigenvalue weighted by Crippen LogP contribution is -2.34. The van der Waals surface area contributed by atoms with E-state index in [1.165, 1.54) is 6.92 Å². The first-order chi connectivity index (χ1) is 8.88. The molecule has 19 heavy (non-hydrogen) atoms. The largest absolute Gasteiger partial charge is 0.509 e. The summed E-state index contributed by atoms with van der Waals surface area (Å²) in [6.07, 6.45) is 1.41. The summed E-state index contributed by atoms with van der Waals surface area (Å²) in [6, 6.07) is -0.430. The van der Waals surface area contributed by atoms with Gasteiger partial charge in [-0.25, -0.2) is 4.79 Å². The van der Waals surface area contributed by atoms with Crippen LogP contribution >= 0.6 is 0 Å². The summed E-state index contributed by atoms with van der Waals surface area (Å²) in [5.41, 5.74) is 0.242. The van der Waals surface area contributed by atoms with E-state index in [1.54, 1.807) is 0 Å². The van der Waals surface area contributed by atoms with Crippen molar-refractivity contribution in [2.75, 3.05) is 0 Å². The summed E-state index contributed by atoms with van der Waals surface area (Å²) < 4.78 is 0. The summed E-state index contributed by atoms with van der Waals surface area (Å²) >= 11 is 0. The second kappa shape index (κ2) is 6.12. The quantitative estimate of drug-likeness (QED) is 0.507. The maximum Gasteiger partial charge on any atom is 0.348 e. The Kier molecular flexibility index (Phi) is 4.80. The Labute approximate surface area is 110 Å². The minimum atomic E-state index is -1.23. The molecule has 0 aromatic rings. The third-order valence-corrected chi connectivity index (χ3v) is 3.02. The minimum absolute atomic E-state index is 0.0628. The molecule has 0 bridgehead atoms. The van der Waals surface area contributed by atoms with Crippen LogP contribution in [0, 0.1) is 5.92 Å². The molecule has 0 aliphatic carbocycles. The van der Waals surface area contributed by atoms with Crippen molar-refractivity contribution in [3.63, 3.8) is 0 Å². The lowest BCUT2D eigenvalue weighted by Gasteiger charge is -2.17. The highest BCUT2D eigenvalue weighted by Gasteiger charge is 2.35. The van der Waals surface area contributed by atoms with Crippen LogP contribution < -0.4 is 5.32 Å². The molecule has 104 valence electrons. The van der Waals surface area contributed by atoms with E-state index in [1.807, 2.05) is 13.8 Å². The molecular formula is C12H17N3O4. The van der Waals surface area contributed by atoms with Gasteiger partial charge in [0.25, 0.3) is 5.91 Å². The van der Waals surface area contributed by atoms with Crippen LogP contribution in [0.15, 0.2) is 21.5 Å².